The monoisotopic (exact) mass is 430 g/mol. The highest BCUT2D eigenvalue weighted by Crippen LogP contribution is 2.27. The number of aromatic nitrogens is 2. The van der Waals surface area contributed by atoms with Crippen molar-refractivity contribution < 1.29 is 18.7 Å². The molecule has 0 fully saturated rings. The number of carbonyl (C=O) groups excluding carboxylic acids is 1. The predicted octanol–water partition coefficient (Wildman–Crippen LogP) is 3.91. The second kappa shape index (κ2) is 9.82. The third-order valence-corrected chi connectivity index (χ3v) is 4.62. The van der Waals surface area contributed by atoms with Crippen LogP contribution < -0.4 is 14.8 Å². The highest BCUT2D eigenvalue weighted by atomic mass is 35.5. The van der Waals surface area contributed by atoms with E-state index in [0.29, 0.717) is 27.8 Å². The molecule has 148 valence electrons. The third kappa shape index (κ3) is 5.63. The average molecular weight is 431 g/mol. The molecule has 8 nitrogen and oxygen atoms in total. The fraction of sp³-hybridized carbons (Fsp3) is 0.158. The van der Waals surface area contributed by atoms with Crippen molar-refractivity contribution in [1.29, 1.82) is 5.26 Å². The van der Waals surface area contributed by atoms with E-state index in [1.165, 1.54) is 12.1 Å². The number of amides is 1. The SMILES string of the molecule is COc1ccccc1OCc1nnc(SCC(=O)Nc2cc(Cl)ccc2C#N)o1. The van der Waals surface area contributed by atoms with E-state index < -0.39 is 0 Å². The molecule has 1 aromatic heterocycles. The lowest BCUT2D eigenvalue weighted by atomic mass is 10.2. The van der Waals surface area contributed by atoms with Gasteiger partial charge in [0.1, 0.15) is 6.07 Å². The van der Waals surface area contributed by atoms with E-state index in [-0.39, 0.29) is 29.4 Å². The average Bonchev–Trinajstić information content (AvgIpc) is 3.19. The Morgan fingerprint density at radius 1 is 1.28 bits per heavy atom. The van der Waals surface area contributed by atoms with Gasteiger partial charge in [0.2, 0.25) is 5.91 Å². The second-order valence-electron chi connectivity index (χ2n) is 5.54. The topological polar surface area (TPSA) is 110 Å². The molecule has 0 spiro atoms. The number of carbonyl (C=O) groups is 1. The van der Waals surface area contributed by atoms with Crippen LogP contribution >= 0.6 is 23.4 Å². The van der Waals surface area contributed by atoms with Gasteiger partial charge in [-0.25, -0.2) is 0 Å². The lowest BCUT2D eigenvalue weighted by Crippen LogP contribution is -2.15. The quantitative estimate of drug-likeness (QED) is 0.535. The van der Waals surface area contributed by atoms with Crippen molar-refractivity contribution in [3.05, 3.63) is 58.9 Å². The molecule has 1 N–H and O–H groups in total. The predicted molar refractivity (Wildman–Crippen MR) is 107 cm³/mol. The van der Waals surface area contributed by atoms with Crippen molar-refractivity contribution in [2.24, 2.45) is 0 Å². The number of rotatable bonds is 8. The lowest BCUT2D eigenvalue weighted by molar-refractivity contribution is -0.113. The molecule has 0 saturated heterocycles. The van der Waals surface area contributed by atoms with Gasteiger partial charge in [0.25, 0.3) is 11.1 Å². The molecule has 0 aliphatic carbocycles. The van der Waals surface area contributed by atoms with E-state index in [9.17, 15) is 4.79 Å². The molecule has 0 radical (unpaired) electrons. The van der Waals surface area contributed by atoms with Crippen LogP contribution in [0.2, 0.25) is 5.02 Å². The van der Waals surface area contributed by atoms with Gasteiger partial charge in [-0.15, -0.1) is 10.2 Å². The van der Waals surface area contributed by atoms with E-state index in [1.54, 1.807) is 25.3 Å². The van der Waals surface area contributed by atoms with Crippen LogP contribution in [-0.4, -0.2) is 29.0 Å². The van der Waals surface area contributed by atoms with E-state index in [0.717, 1.165) is 11.8 Å². The highest BCUT2D eigenvalue weighted by Gasteiger charge is 2.13. The van der Waals surface area contributed by atoms with Crippen LogP contribution in [0.3, 0.4) is 0 Å². The molecule has 3 rings (SSSR count). The summed E-state index contributed by atoms with van der Waals surface area (Å²) in [6.45, 7) is 0.0637. The molecule has 0 saturated carbocycles. The number of hydrogen-bond donors (Lipinski definition) is 1. The first-order chi connectivity index (χ1) is 14.1. The number of thioether (sulfide) groups is 1. The van der Waals surface area contributed by atoms with E-state index in [2.05, 4.69) is 15.5 Å². The minimum Gasteiger partial charge on any atom is -0.493 e. The minimum absolute atomic E-state index is 0.0202. The fourth-order valence-corrected chi connectivity index (χ4v) is 3.02. The Hall–Kier alpha value is -3.22. The molecular weight excluding hydrogens is 416 g/mol. The van der Waals surface area contributed by atoms with E-state index in [1.807, 2.05) is 18.2 Å². The first kappa shape index (κ1) is 20.5. The van der Waals surface area contributed by atoms with Gasteiger partial charge in [0, 0.05) is 5.02 Å². The van der Waals surface area contributed by atoms with Crippen LogP contribution in [0.15, 0.2) is 52.1 Å². The standard InChI is InChI=1S/C19H15ClN4O4S/c1-26-15-4-2-3-5-16(15)27-10-18-23-24-19(28-18)29-11-17(25)22-14-8-13(20)7-6-12(14)9-21/h2-8H,10-11H2,1H3,(H,22,25). The van der Waals surface area contributed by atoms with E-state index in [4.69, 9.17) is 30.8 Å². The van der Waals surface area contributed by atoms with Crippen LogP contribution in [0.25, 0.3) is 0 Å². The largest absolute Gasteiger partial charge is 0.493 e. The summed E-state index contributed by atoms with van der Waals surface area (Å²) in [5.41, 5.74) is 0.670. The van der Waals surface area contributed by atoms with Gasteiger partial charge in [-0.05, 0) is 30.3 Å². The number of nitrogens with zero attached hydrogens (tertiary/aromatic N) is 3. The van der Waals surface area contributed by atoms with Gasteiger partial charge in [0.15, 0.2) is 18.1 Å². The van der Waals surface area contributed by atoms with Gasteiger partial charge in [-0.3, -0.25) is 4.79 Å². The zero-order chi connectivity index (χ0) is 20.6. The van der Waals surface area contributed by atoms with Crippen LogP contribution in [0.4, 0.5) is 5.69 Å². The number of methoxy groups -OCH3 is 1. The molecule has 2 aromatic carbocycles. The maximum atomic E-state index is 12.1. The third-order valence-electron chi connectivity index (χ3n) is 3.57. The minimum atomic E-state index is -0.334. The molecule has 10 heteroatoms. The molecule has 0 aliphatic rings. The fourth-order valence-electron chi connectivity index (χ4n) is 2.26. The Kier molecular flexibility index (Phi) is 6.94. The van der Waals surface area contributed by atoms with Crippen LogP contribution in [0.1, 0.15) is 11.5 Å². The van der Waals surface area contributed by atoms with Crippen LogP contribution in [0, 0.1) is 11.3 Å². The van der Waals surface area contributed by atoms with Gasteiger partial charge < -0.3 is 19.2 Å². The molecule has 1 heterocycles. The van der Waals surface area contributed by atoms with Crippen molar-refractivity contribution in [3.8, 4) is 17.6 Å². The highest BCUT2D eigenvalue weighted by molar-refractivity contribution is 7.99. The summed E-state index contributed by atoms with van der Waals surface area (Å²) in [5.74, 6) is 1.10. The second-order valence-corrected chi connectivity index (χ2v) is 6.90. The number of benzene rings is 2. The molecule has 0 unspecified atom stereocenters. The van der Waals surface area contributed by atoms with Crippen LogP contribution in [0.5, 0.6) is 11.5 Å². The summed E-state index contributed by atoms with van der Waals surface area (Å²) in [5, 5.41) is 20.2. The summed E-state index contributed by atoms with van der Waals surface area (Å²) < 4.78 is 16.3. The number of anilines is 1. The number of nitrogens with one attached hydrogen (secondary N) is 1. The van der Waals surface area contributed by atoms with Crippen molar-refractivity contribution in [3.63, 3.8) is 0 Å². The number of hydrogen-bond acceptors (Lipinski definition) is 8. The summed E-state index contributed by atoms with van der Waals surface area (Å²) in [7, 11) is 1.55. The van der Waals surface area contributed by atoms with Gasteiger partial charge >= 0.3 is 0 Å². The summed E-state index contributed by atoms with van der Waals surface area (Å²) >= 11 is 6.97. The Balaban J connectivity index is 1.52. The first-order valence-electron chi connectivity index (χ1n) is 8.29. The molecule has 0 bridgehead atoms. The Labute approximate surface area is 175 Å². The van der Waals surface area contributed by atoms with Crippen molar-refractivity contribution >= 4 is 35.0 Å². The zero-order valence-corrected chi connectivity index (χ0v) is 16.8. The van der Waals surface area contributed by atoms with Crippen LogP contribution in [-0.2, 0) is 11.4 Å². The summed E-state index contributed by atoms with van der Waals surface area (Å²) in [4.78, 5) is 12.1. The summed E-state index contributed by atoms with van der Waals surface area (Å²) in [6, 6.07) is 13.8. The van der Waals surface area contributed by atoms with Crippen molar-refractivity contribution in [1.82, 2.24) is 10.2 Å². The maximum absolute atomic E-state index is 12.1. The number of nitriles is 1. The Morgan fingerprint density at radius 2 is 2.07 bits per heavy atom. The smallest absolute Gasteiger partial charge is 0.277 e. The molecule has 29 heavy (non-hydrogen) atoms. The maximum Gasteiger partial charge on any atom is 0.277 e. The molecule has 0 atom stereocenters. The number of ether oxygens (including phenoxy) is 2. The van der Waals surface area contributed by atoms with Gasteiger partial charge in [0.05, 0.1) is 24.1 Å². The normalized spacial score (nSPS) is 10.2. The van der Waals surface area contributed by atoms with Gasteiger partial charge in [-0.2, -0.15) is 5.26 Å². The summed E-state index contributed by atoms with van der Waals surface area (Å²) in [6.07, 6.45) is 0. The Bertz CT molecular complexity index is 1050. The Morgan fingerprint density at radius 3 is 2.83 bits per heavy atom. The molecule has 3 aromatic rings. The first-order valence-corrected chi connectivity index (χ1v) is 9.66. The molecule has 0 aliphatic heterocycles. The van der Waals surface area contributed by atoms with E-state index >= 15 is 0 Å². The number of halogens is 1. The van der Waals surface area contributed by atoms with Crippen molar-refractivity contribution in [2.45, 2.75) is 11.8 Å². The zero-order valence-electron chi connectivity index (χ0n) is 15.2. The van der Waals surface area contributed by atoms with Gasteiger partial charge in [-0.1, -0.05) is 35.5 Å². The number of para-hydroxylation sites is 2. The molecule has 1 amide bonds. The lowest BCUT2D eigenvalue weighted by Gasteiger charge is -2.08. The van der Waals surface area contributed by atoms with Crippen molar-refractivity contribution in [2.75, 3.05) is 18.2 Å². The molecular formula is C19H15ClN4O4S.